The lowest BCUT2D eigenvalue weighted by atomic mass is 10.1. The molecule has 1 aromatic heterocycles. The van der Waals surface area contributed by atoms with Crippen LogP contribution in [0.25, 0.3) is 0 Å². The van der Waals surface area contributed by atoms with E-state index in [0.717, 1.165) is 0 Å². The number of anilines is 1. The monoisotopic (exact) mass is 339 g/mol. The molecule has 0 bridgehead atoms. The normalized spacial score (nSPS) is 10.3. The smallest absolute Gasteiger partial charge is 0.293 e. The molecule has 20 heavy (non-hydrogen) atoms. The van der Waals surface area contributed by atoms with E-state index in [-0.39, 0.29) is 23.5 Å². The SMILES string of the molecule is NNc1c(Cn2cncc(Br)c2=O)cccc1[N+](=O)[O-]. The van der Waals surface area contributed by atoms with Gasteiger partial charge in [-0.25, -0.2) is 4.98 Å². The van der Waals surface area contributed by atoms with E-state index in [9.17, 15) is 14.9 Å². The van der Waals surface area contributed by atoms with Gasteiger partial charge in [0, 0.05) is 17.8 Å². The lowest BCUT2D eigenvalue weighted by Crippen LogP contribution is -2.22. The maximum absolute atomic E-state index is 11.9. The maximum Gasteiger partial charge on any atom is 0.293 e. The molecule has 0 spiro atoms. The molecule has 0 saturated heterocycles. The molecule has 0 aliphatic carbocycles. The molecule has 104 valence electrons. The van der Waals surface area contributed by atoms with Crippen LogP contribution < -0.4 is 16.8 Å². The van der Waals surface area contributed by atoms with E-state index in [0.29, 0.717) is 10.0 Å². The molecule has 0 saturated carbocycles. The molecule has 1 heterocycles. The van der Waals surface area contributed by atoms with Crippen LogP contribution in [0, 0.1) is 10.1 Å². The van der Waals surface area contributed by atoms with Crippen molar-refractivity contribution in [3.63, 3.8) is 0 Å². The molecule has 0 fully saturated rings. The van der Waals surface area contributed by atoms with Crippen LogP contribution in [0.15, 0.2) is 40.0 Å². The third-order valence-electron chi connectivity index (χ3n) is 2.67. The number of para-hydroxylation sites is 1. The fraction of sp³-hybridized carbons (Fsp3) is 0.0909. The van der Waals surface area contributed by atoms with E-state index in [1.54, 1.807) is 6.07 Å². The Balaban J connectivity index is 2.49. The summed E-state index contributed by atoms with van der Waals surface area (Å²) < 4.78 is 1.64. The third kappa shape index (κ3) is 2.68. The van der Waals surface area contributed by atoms with Crippen molar-refractivity contribution in [2.24, 2.45) is 5.84 Å². The highest BCUT2D eigenvalue weighted by molar-refractivity contribution is 9.10. The largest absolute Gasteiger partial charge is 0.318 e. The summed E-state index contributed by atoms with van der Waals surface area (Å²) in [5.41, 5.74) is 2.56. The molecule has 8 nitrogen and oxygen atoms in total. The van der Waals surface area contributed by atoms with Gasteiger partial charge in [0.15, 0.2) is 0 Å². The fourth-order valence-corrected chi connectivity index (χ4v) is 2.10. The highest BCUT2D eigenvalue weighted by Gasteiger charge is 2.17. The van der Waals surface area contributed by atoms with Gasteiger partial charge in [-0.15, -0.1) is 0 Å². The average Bonchev–Trinajstić information content (AvgIpc) is 2.43. The van der Waals surface area contributed by atoms with E-state index in [1.165, 1.54) is 29.2 Å². The van der Waals surface area contributed by atoms with Crippen molar-refractivity contribution in [3.8, 4) is 0 Å². The Kier molecular flexibility index (Phi) is 4.11. The van der Waals surface area contributed by atoms with Gasteiger partial charge in [0.2, 0.25) is 0 Å². The maximum atomic E-state index is 11.9. The molecule has 0 amide bonds. The zero-order chi connectivity index (χ0) is 14.7. The summed E-state index contributed by atoms with van der Waals surface area (Å²) in [7, 11) is 0. The minimum absolute atomic E-state index is 0.118. The van der Waals surface area contributed by atoms with E-state index >= 15 is 0 Å². The lowest BCUT2D eigenvalue weighted by molar-refractivity contribution is -0.384. The van der Waals surface area contributed by atoms with Crippen LogP contribution in [-0.4, -0.2) is 14.5 Å². The second-order valence-electron chi connectivity index (χ2n) is 3.89. The van der Waals surface area contributed by atoms with Crippen molar-refractivity contribution >= 4 is 27.3 Å². The zero-order valence-electron chi connectivity index (χ0n) is 10.1. The van der Waals surface area contributed by atoms with Gasteiger partial charge in [0.25, 0.3) is 11.2 Å². The lowest BCUT2D eigenvalue weighted by Gasteiger charge is -2.10. The van der Waals surface area contributed by atoms with Gasteiger partial charge < -0.3 is 5.43 Å². The number of nitro groups is 1. The van der Waals surface area contributed by atoms with Gasteiger partial charge in [-0.1, -0.05) is 12.1 Å². The van der Waals surface area contributed by atoms with Crippen molar-refractivity contribution in [1.82, 2.24) is 9.55 Å². The second-order valence-corrected chi connectivity index (χ2v) is 4.74. The Hall–Kier alpha value is -2.26. The van der Waals surface area contributed by atoms with Crippen molar-refractivity contribution in [2.75, 3.05) is 5.43 Å². The molecule has 0 radical (unpaired) electrons. The molecular weight excluding hydrogens is 330 g/mol. The van der Waals surface area contributed by atoms with Crippen LogP contribution in [0.3, 0.4) is 0 Å². The number of benzene rings is 1. The fourth-order valence-electron chi connectivity index (χ4n) is 1.76. The summed E-state index contributed by atoms with van der Waals surface area (Å²) in [6.07, 6.45) is 2.74. The molecule has 0 unspecified atom stereocenters. The molecule has 1 aromatic carbocycles. The number of nitrogens with two attached hydrogens (primary N) is 1. The molecule has 2 rings (SSSR count). The number of hydrazine groups is 1. The number of nitrogen functional groups attached to an aromatic ring is 1. The Morgan fingerprint density at radius 1 is 1.50 bits per heavy atom. The van der Waals surface area contributed by atoms with Gasteiger partial charge >= 0.3 is 0 Å². The Morgan fingerprint density at radius 3 is 2.90 bits per heavy atom. The van der Waals surface area contributed by atoms with Crippen LogP contribution in [0.2, 0.25) is 0 Å². The predicted octanol–water partition coefficient (Wildman–Crippen LogP) is 1.25. The quantitative estimate of drug-likeness (QED) is 0.492. The number of nitro benzene ring substituents is 1. The number of aromatic nitrogens is 2. The second kappa shape index (κ2) is 5.80. The summed E-state index contributed by atoms with van der Waals surface area (Å²) in [6.45, 7) is 0.118. The van der Waals surface area contributed by atoms with Gasteiger partial charge in [-0.2, -0.15) is 0 Å². The van der Waals surface area contributed by atoms with Crippen molar-refractivity contribution < 1.29 is 4.92 Å². The van der Waals surface area contributed by atoms with E-state index in [2.05, 4.69) is 26.3 Å². The first-order valence-corrected chi connectivity index (χ1v) is 6.26. The molecular formula is C11H10BrN5O3. The summed E-state index contributed by atoms with van der Waals surface area (Å²) >= 11 is 3.09. The van der Waals surface area contributed by atoms with Gasteiger partial charge in [0.05, 0.1) is 17.8 Å². The van der Waals surface area contributed by atoms with Gasteiger partial charge in [0.1, 0.15) is 10.2 Å². The van der Waals surface area contributed by atoms with E-state index < -0.39 is 4.92 Å². The molecule has 3 N–H and O–H groups in total. The first kappa shape index (κ1) is 14.2. The summed E-state index contributed by atoms with van der Waals surface area (Å²) in [4.78, 5) is 26.2. The minimum Gasteiger partial charge on any atom is -0.318 e. The van der Waals surface area contributed by atoms with Crippen LogP contribution in [0.1, 0.15) is 5.56 Å². The number of rotatable bonds is 4. The third-order valence-corrected chi connectivity index (χ3v) is 3.21. The van der Waals surface area contributed by atoms with Crippen LogP contribution in [0.4, 0.5) is 11.4 Å². The Morgan fingerprint density at radius 2 is 2.25 bits per heavy atom. The van der Waals surface area contributed by atoms with E-state index in [1.807, 2.05) is 0 Å². The molecule has 0 aliphatic heterocycles. The van der Waals surface area contributed by atoms with Crippen LogP contribution >= 0.6 is 15.9 Å². The van der Waals surface area contributed by atoms with Crippen molar-refractivity contribution in [2.45, 2.75) is 6.54 Å². The standard InChI is InChI=1S/C11H10BrN5O3/c12-8-4-14-6-16(11(8)18)5-7-2-1-3-9(17(19)20)10(7)15-13/h1-4,6,15H,5,13H2. The topological polar surface area (TPSA) is 116 Å². The minimum atomic E-state index is -0.541. The summed E-state index contributed by atoms with van der Waals surface area (Å²) in [5.74, 6) is 5.34. The molecule has 0 aliphatic rings. The number of halogens is 1. The van der Waals surface area contributed by atoms with Crippen LogP contribution in [0.5, 0.6) is 0 Å². The van der Waals surface area contributed by atoms with Crippen molar-refractivity contribution in [3.05, 3.63) is 61.2 Å². The highest BCUT2D eigenvalue weighted by Crippen LogP contribution is 2.27. The zero-order valence-corrected chi connectivity index (χ0v) is 11.7. The van der Waals surface area contributed by atoms with Crippen LogP contribution in [-0.2, 0) is 6.54 Å². The Bertz CT molecular complexity index is 715. The van der Waals surface area contributed by atoms with Gasteiger partial charge in [-0.3, -0.25) is 25.3 Å². The number of hydrogen-bond acceptors (Lipinski definition) is 6. The molecule has 2 aromatic rings. The summed E-state index contributed by atoms with van der Waals surface area (Å²) in [5, 5.41) is 10.9. The van der Waals surface area contributed by atoms with Crippen molar-refractivity contribution in [1.29, 1.82) is 0 Å². The number of hydrogen-bond donors (Lipinski definition) is 2. The average molecular weight is 340 g/mol. The van der Waals surface area contributed by atoms with E-state index in [4.69, 9.17) is 5.84 Å². The first-order chi connectivity index (χ1) is 9.54. The number of nitrogens with one attached hydrogen (secondary N) is 1. The first-order valence-electron chi connectivity index (χ1n) is 5.47. The molecule has 9 heteroatoms. The predicted molar refractivity (Wildman–Crippen MR) is 76.2 cm³/mol. The van der Waals surface area contributed by atoms with Gasteiger partial charge in [-0.05, 0) is 15.9 Å². The highest BCUT2D eigenvalue weighted by atomic mass is 79.9. The molecule has 0 atom stereocenters. The Labute approximate surface area is 121 Å². The summed E-state index contributed by atoms with van der Waals surface area (Å²) in [6, 6.07) is 4.51. The number of nitrogens with zero attached hydrogens (tertiary/aromatic N) is 3.